The number of nitrogens with zero attached hydrogens (tertiary/aromatic N) is 1. The molecule has 0 aliphatic carbocycles. The van der Waals surface area contributed by atoms with Crippen LogP contribution < -0.4 is 5.32 Å². The lowest BCUT2D eigenvalue weighted by Crippen LogP contribution is -2.57. The molecule has 4 nitrogen and oxygen atoms in total. The molecule has 0 saturated heterocycles. The summed E-state index contributed by atoms with van der Waals surface area (Å²) < 4.78 is 0. The Balaban J connectivity index is 2.96. The van der Waals surface area contributed by atoms with E-state index >= 15 is 0 Å². The molecule has 0 spiro atoms. The van der Waals surface area contributed by atoms with Crippen molar-refractivity contribution >= 4 is 17.7 Å². The monoisotopic (exact) mass is 268 g/mol. The third kappa shape index (κ3) is 3.23. The molecule has 0 bridgehead atoms. The van der Waals surface area contributed by atoms with Crippen LogP contribution in [0, 0.1) is 0 Å². The number of pyridine rings is 1. The third-order valence-electron chi connectivity index (χ3n) is 3.16. The van der Waals surface area contributed by atoms with Gasteiger partial charge < -0.3 is 10.4 Å². The smallest absolute Gasteiger partial charge is 0.254 e. The zero-order valence-corrected chi connectivity index (χ0v) is 12.3. The van der Waals surface area contributed by atoms with Crippen molar-refractivity contribution in [2.24, 2.45) is 0 Å². The molecule has 0 saturated carbocycles. The fourth-order valence-electron chi connectivity index (χ4n) is 1.23. The van der Waals surface area contributed by atoms with Crippen LogP contribution in [-0.2, 0) is 0 Å². The molecule has 1 rings (SSSR count). The van der Waals surface area contributed by atoms with E-state index in [2.05, 4.69) is 10.3 Å². The predicted octanol–water partition coefficient (Wildman–Crippen LogP) is 2.08. The Morgan fingerprint density at radius 2 is 2.00 bits per heavy atom. The fourth-order valence-corrected chi connectivity index (χ4v) is 1.78. The van der Waals surface area contributed by atoms with E-state index in [1.54, 1.807) is 46.0 Å². The van der Waals surface area contributed by atoms with Gasteiger partial charge in [-0.05, 0) is 46.1 Å². The fraction of sp³-hybridized carbons (Fsp3) is 0.538. The van der Waals surface area contributed by atoms with E-state index in [1.165, 1.54) is 11.8 Å². The number of aliphatic hydroxyl groups is 1. The summed E-state index contributed by atoms with van der Waals surface area (Å²) >= 11 is 1.42. The van der Waals surface area contributed by atoms with Gasteiger partial charge in [-0.2, -0.15) is 0 Å². The van der Waals surface area contributed by atoms with E-state index in [0.29, 0.717) is 10.6 Å². The SMILES string of the molecule is CSc1ncccc1C(=O)NC(C)(C)C(C)(C)O. The topological polar surface area (TPSA) is 62.2 Å². The van der Waals surface area contributed by atoms with Crippen molar-refractivity contribution in [3.8, 4) is 0 Å². The van der Waals surface area contributed by atoms with Crippen molar-refractivity contribution in [1.82, 2.24) is 10.3 Å². The number of nitrogens with one attached hydrogen (secondary N) is 1. The molecule has 0 aliphatic heterocycles. The molecule has 0 fully saturated rings. The molecule has 2 N–H and O–H groups in total. The number of aromatic nitrogens is 1. The predicted molar refractivity (Wildman–Crippen MR) is 73.9 cm³/mol. The Morgan fingerprint density at radius 1 is 1.39 bits per heavy atom. The van der Waals surface area contributed by atoms with Crippen LogP contribution in [0.3, 0.4) is 0 Å². The zero-order valence-electron chi connectivity index (χ0n) is 11.4. The van der Waals surface area contributed by atoms with Crippen molar-refractivity contribution in [2.75, 3.05) is 6.26 Å². The highest BCUT2D eigenvalue weighted by Crippen LogP contribution is 2.23. The first kappa shape index (κ1) is 15.0. The second-order valence-electron chi connectivity index (χ2n) is 5.20. The van der Waals surface area contributed by atoms with Crippen LogP contribution in [0.15, 0.2) is 23.4 Å². The number of amides is 1. The van der Waals surface area contributed by atoms with Gasteiger partial charge in [0.1, 0.15) is 5.03 Å². The summed E-state index contributed by atoms with van der Waals surface area (Å²) in [5.41, 5.74) is -1.21. The van der Waals surface area contributed by atoms with Gasteiger partial charge in [0, 0.05) is 6.20 Å². The maximum atomic E-state index is 12.2. The Labute approximate surface area is 112 Å². The summed E-state index contributed by atoms with van der Waals surface area (Å²) in [6, 6.07) is 3.46. The molecule has 0 atom stereocenters. The molecular weight excluding hydrogens is 248 g/mol. The highest BCUT2D eigenvalue weighted by molar-refractivity contribution is 7.98. The minimum absolute atomic E-state index is 0.223. The second-order valence-corrected chi connectivity index (χ2v) is 5.99. The van der Waals surface area contributed by atoms with Gasteiger partial charge in [-0.25, -0.2) is 4.98 Å². The molecule has 1 heterocycles. The minimum atomic E-state index is -1.01. The quantitative estimate of drug-likeness (QED) is 0.821. The van der Waals surface area contributed by atoms with E-state index in [9.17, 15) is 9.90 Å². The number of carbonyl (C=O) groups is 1. The molecular formula is C13H20N2O2S. The zero-order chi connectivity index (χ0) is 14.0. The Morgan fingerprint density at radius 3 is 2.50 bits per heavy atom. The maximum absolute atomic E-state index is 12.2. The minimum Gasteiger partial charge on any atom is -0.388 e. The van der Waals surface area contributed by atoms with Crippen molar-refractivity contribution in [2.45, 2.75) is 43.9 Å². The van der Waals surface area contributed by atoms with Gasteiger partial charge in [0.15, 0.2) is 0 Å². The highest BCUT2D eigenvalue weighted by Gasteiger charge is 2.36. The first-order valence-electron chi connectivity index (χ1n) is 5.73. The van der Waals surface area contributed by atoms with Crippen molar-refractivity contribution in [3.63, 3.8) is 0 Å². The summed E-state index contributed by atoms with van der Waals surface area (Å²) in [5, 5.41) is 13.6. The maximum Gasteiger partial charge on any atom is 0.254 e. The van der Waals surface area contributed by atoms with E-state index < -0.39 is 11.1 Å². The number of thioether (sulfide) groups is 1. The Kier molecular flexibility index (Phi) is 4.40. The number of hydrogen-bond donors (Lipinski definition) is 2. The van der Waals surface area contributed by atoms with Crippen LogP contribution in [0.2, 0.25) is 0 Å². The average Bonchev–Trinajstić information content (AvgIpc) is 2.26. The number of hydrogen-bond acceptors (Lipinski definition) is 4. The largest absolute Gasteiger partial charge is 0.388 e. The summed E-state index contributed by atoms with van der Waals surface area (Å²) in [6.07, 6.45) is 3.53. The summed E-state index contributed by atoms with van der Waals surface area (Å²) in [7, 11) is 0. The molecule has 100 valence electrons. The molecule has 18 heavy (non-hydrogen) atoms. The molecule has 0 radical (unpaired) electrons. The summed E-state index contributed by atoms with van der Waals surface area (Å²) in [4.78, 5) is 16.4. The second kappa shape index (κ2) is 5.28. The van der Waals surface area contributed by atoms with Crippen LogP contribution in [0.25, 0.3) is 0 Å². The molecule has 0 unspecified atom stereocenters. The van der Waals surface area contributed by atoms with Gasteiger partial charge in [-0.3, -0.25) is 4.79 Å². The van der Waals surface area contributed by atoms with Gasteiger partial charge in [-0.15, -0.1) is 11.8 Å². The summed E-state index contributed by atoms with van der Waals surface area (Å²) in [5.74, 6) is -0.223. The number of carbonyl (C=O) groups excluding carboxylic acids is 1. The number of rotatable bonds is 4. The first-order valence-corrected chi connectivity index (χ1v) is 6.95. The van der Waals surface area contributed by atoms with E-state index in [0.717, 1.165) is 0 Å². The highest BCUT2D eigenvalue weighted by atomic mass is 32.2. The van der Waals surface area contributed by atoms with Crippen LogP contribution in [0.5, 0.6) is 0 Å². The van der Waals surface area contributed by atoms with Gasteiger partial charge in [0.25, 0.3) is 5.91 Å². The molecule has 1 amide bonds. The molecule has 5 heteroatoms. The Hall–Kier alpha value is -1.07. The lowest BCUT2D eigenvalue weighted by Gasteiger charge is -2.38. The molecule has 1 aromatic heterocycles. The lowest BCUT2D eigenvalue weighted by molar-refractivity contribution is -0.00299. The van der Waals surface area contributed by atoms with Gasteiger partial charge in [0.05, 0.1) is 16.7 Å². The van der Waals surface area contributed by atoms with Crippen molar-refractivity contribution in [1.29, 1.82) is 0 Å². The lowest BCUT2D eigenvalue weighted by atomic mass is 9.86. The Bertz CT molecular complexity index is 439. The van der Waals surface area contributed by atoms with Crippen LogP contribution in [-0.4, -0.2) is 33.4 Å². The van der Waals surface area contributed by atoms with Crippen LogP contribution >= 0.6 is 11.8 Å². The summed E-state index contributed by atoms with van der Waals surface area (Å²) in [6.45, 7) is 6.93. The molecule has 1 aromatic rings. The van der Waals surface area contributed by atoms with E-state index in [-0.39, 0.29) is 5.91 Å². The average molecular weight is 268 g/mol. The van der Waals surface area contributed by atoms with Crippen molar-refractivity contribution in [3.05, 3.63) is 23.9 Å². The van der Waals surface area contributed by atoms with Crippen LogP contribution in [0.4, 0.5) is 0 Å². The molecule has 0 aliphatic rings. The normalized spacial score (nSPS) is 12.3. The standard InChI is InChI=1S/C13H20N2O2S/c1-12(2,13(3,4)17)15-10(16)9-7-6-8-14-11(9)18-5/h6-8,17H,1-5H3,(H,15,16). The van der Waals surface area contributed by atoms with E-state index in [4.69, 9.17) is 0 Å². The van der Waals surface area contributed by atoms with Gasteiger partial charge >= 0.3 is 0 Å². The van der Waals surface area contributed by atoms with E-state index in [1.807, 2.05) is 6.26 Å². The first-order chi connectivity index (χ1) is 8.19. The van der Waals surface area contributed by atoms with Gasteiger partial charge in [-0.1, -0.05) is 0 Å². The van der Waals surface area contributed by atoms with Crippen molar-refractivity contribution < 1.29 is 9.90 Å². The third-order valence-corrected chi connectivity index (χ3v) is 3.88. The van der Waals surface area contributed by atoms with Gasteiger partial charge in [0.2, 0.25) is 0 Å². The molecule has 0 aromatic carbocycles. The van der Waals surface area contributed by atoms with Crippen LogP contribution in [0.1, 0.15) is 38.1 Å².